The molecule has 2 aromatic rings. The lowest BCUT2D eigenvalue weighted by Gasteiger charge is -2.33. The lowest BCUT2D eigenvalue weighted by Crippen LogP contribution is -2.40. The average Bonchev–Trinajstić information content (AvgIpc) is 2.53. The van der Waals surface area contributed by atoms with Crippen molar-refractivity contribution in [1.82, 2.24) is 0 Å². The monoisotopic (exact) mass is 338 g/mol. The molecule has 0 bridgehead atoms. The molecule has 0 aliphatic carbocycles. The third-order valence-corrected chi connectivity index (χ3v) is 3.99. The van der Waals surface area contributed by atoms with Gasteiger partial charge in [0.2, 0.25) is 0 Å². The van der Waals surface area contributed by atoms with Crippen LogP contribution in [0.2, 0.25) is 0 Å². The zero-order valence-electron chi connectivity index (χ0n) is 12.5. The van der Waals surface area contributed by atoms with Crippen LogP contribution in [0.25, 0.3) is 0 Å². The molecular formula is C17H13F3O4. The highest BCUT2D eigenvalue weighted by Crippen LogP contribution is 2.46. The van der Waals surface area contributed by atoms with Crippen molar-refractivity contribution < 1.29 is 33.0 Å². The number of carboxylic acids is 2. The molecule has 4 nitrogen and oxygen atoms in total. The first-order valence-corrected chi connectivity index (χ1v) is 6.82. The fourth-order valence-electron chi connectivity index (χ4n) is 2.39. The van der Waals surface area contributed by atoms with Crippen molar-refractivity contribution >= 4 is 11.9 Å². The number of halogens is 3. The van der Waals surface area contributed by atoms with E-state index < -0.39 is 23.5 Å². The molecule has 0 amide bonds. The molecule has 0 spiro atoms. The number of hydrogen-bond donors (Lipinski definition) is 2. The molecule has 0 heterocycles. The van der Waals surface area contributed by atoms with Crippen LogP contribution in [-0.4, -0.2) is 28.3 Å². The van der Waals surface area contributed by atoms with E-state index in [4.69, 9.17) is 10.2 Å². The molecule has 0 saturated heterocycles. The number of carbonyl (C=O) groups is 2. The lowest BCUT2D eigenvalue weighted by molar-refractivity contribution is -0.173. The molecule has 7 heteroatoms. The fraction of sp³-hybridized carbons (Fsp3) is 0.176. The summed E-state index contributed by atoms with van der Waals surface area (Å²) in [5, 5.41) is 17.7. The number of carboxylic acid groups (broad SMARTS) is 2. The third-order valence-electron chi connectivity index (χ3n) is 3.99. The maximum atomic E-state index is 13.8. The highest BCUT2D eigenvalue weighted by atomic mass is 19.4. The van der Waals surface area contributed by atoms with Gasteiger partial charge in [0.05, 0.1) is 11.1 Å². The Bertz CT molecular complexity index is 704. The third kappa shape index (κ3) is 2.97. The highest BCUT2D eigenvalue weighted by Gasteiger charge is 2.53. The predicted octanol–water partition coefficient (Wildman–Crippen LogP) is 3.95. The largest absolute Gasteiger partial charge is 0.478 e. The summed E-state index contributed by atoms with van der Waals surface area (Å²) in [6, 6.07) is 8.87. The Kier molecular flexibility index (Phi) is 4.38. The molecule has 2 N–H and O–H groups in total. The SMILES string of the molecule is CC(c1ccc(C(=O)O)cc1)(c1ccc(C(=O)O)cc1)C(F)(F)F. The Morgan fingerprint density at radius 2 is 1.04 bits per heavy atom. The second kappa shape index (κ2) is 5.99. The minimum Gasteiger partial charge on any atom is -0.478 e. The van der Waals surface area contributed by atoms with E-state index in [1.165, 1.54) is 0 Å². The second-order valence-electron chi connectivity index (χ2n) is 5.39. The Hall–Kier alpha value is -2.83. The molecule has 2 rings (SSSR count). The minimum absolute atomic E-state index is 0.121. The Morgan fingerprint density at radius 3 is 1.25 bits per heavy atom. The molecule has 0 aliphatic rings. The molecule has 0 aliphatic heterocycles. The smallest absolute Gasteiger partial charge is 0.402 e. The zero-order valence-corrected chi connectivity index (χ0v) is 12.5. The van der Waals surface area contributed by atoms with E-state index >= 15 is 0 Å². The van der Waals surface area contributed by atoms with Crippen LogP contribution < -0.4 is 0 Å². The molecular weight excluding hydrogens is 325 g/mol. The molecule has 0 fully saturated rings. The van der Waals surface area contributed by atoms with Crippen molar-refractivity contribution in [2.75, 3.05) is 0 Å². The van der Waals surface area contributed by atoms with E-state index in [2.05, 4.69) is 0 Å². The van der Waals surface area contributed by atoms with E-state index in [0.717, 1.165) is 55.5 Å². The van der Waals surface area contributed by atoms with Crippen molar-refractivity contribution in [3.63, 3.8) is 0 Å². The summed E-state index contributed by atoms with van der Waals surface area (Å²) in [7, 11) is 0. The van der Waals surface area contributed by atoms with Crippen molar-refractivity contribution in [2.24, 2.45) is 0 Å². The molecule has 2 aromatic carbocycles. The van der Waals surface area contributed by atoms with Gasteiger partial charge in [-0.3, -0.25) is 0 Å². The number of benzene rings is 2. The number of hydrogen-bond acceptors (Lipinski definition) is 2. The quantitative estimate of drug-likeness (QED) is 0.885. The van der Waals surface area contributed by atoms with Gasteiger partial charge in [-0.2, -0.15) is 13.2 Å². The summed E-state index contributed by atoms with van der Waals surface area (Å²) in [6.45, 7) is 0.971. The first-order valence-electron chi connectivity index (χ1n) is 6.82. The summed E-state index contributed by atoms with van der Waals surface area (Å²) >= 11 is 0. The van der Waals surface area contributed by atoms with Crippen LogP contribution in [0.5, 0.6) is 0 Å². The topological polar surface area (TPSA) is 74.6 Å². The number of aromatic carboxylic acids is 2. The van der Waals surface area contributed by atoms with E-state index in [1.54, 1.807) is 0 Å². The molecule has 0 unspecified atom stereocenters. The van der Waals surface area contributed by atoms with Crippen molar-refractivity contribution in [2.45, 2.75) is 18.5 Å². The Morgan fingerprint density at radius 1 is 0.750 bits per heavy atom. The van der Waals surface area contributed by atoms with Gasteiger partial charge >= 0.3 is 18.1 Å². The van der Waals surface area contributed by atoms with Crippen LogP contribution in [-0.2, 0) is 5.41 Å². The highest BCUT2D eigenvalue weighted by molar-refractivity contribution is 5.88. The first kappa shape index (κ1) is 17.5. The van der Waals surface area contributed by atoms with E-state index in [-0.39, 0.29) is 22.3 Å². The lowest BCUT2D eigenvalue weighted by atomic mass is 9.75. The fourth-order valence-corrected chi connectivity index (χ4v) is 2.39. The molecule has 0 radical (unpaired) electrons. The van der Waals surface area contributed by atoms with Crippen LogP contribution in [0.1, 0.15) is 38.8 Å². The van der Waals surface area contributed by atoms with Crippen LogP contribution in [0.15, 0.2) is 48.5 Å². The van der Waals surface area contributed by atoms with Gasteiger partial charge in [-0.1, -0.05) is 24.3 Å². The molecule has 126 valence electrons. The predicted molar refractivity (Wildman–Crippen MR) is 79.3 cm³/mol. The zero-order chi connectivity index (χ0) is 18.1. The van der Waals surface area contributed by atoms with Gasteiger partial charge in [0.15, 0.2) is 0 Å². The molecule has 0 saturated carbocycles. The van der Waals surface area contributed by atoms with Gasteiger partial charge in [0.25, 0.3) is 0 Å². The average molecular weight is 338 g/mol. The summed E-state index contributed by atoms with van der Waals surface area (Å²) in [5.74, 6) is -2.47. The first-order chi connectivity index (χ1) is 11.1. The van der Waals surface area contributed by atoms with Gasteiger partial charge in [-0.05, 0) is 42.3 Å². The van der Waals surface area contributed by atoms with Crippen LogP contribution in [0.3, 0.4) is 0 Å². The van der Waals surface area contributed by atoms with Gasteiger partial charge in [0.1, 0.15) is 5.41 Å². The van der Waals surface area contributed by atoms with Crippen molar-refractivity contribution in [1.29, 1.82) is 0 Å². The maximum absolute atomic E-state index is 13.8. The van der Waals surface area contributed by atoms with Gasteiger partial charge < -0.3 is 10.2 Å². The van der Waals surface area contributed by atoms with Crippen molar-refractivity contribution in [3.05, 3.63) is 70.8 Å². The molecule has 0 atom stereocenters. The van der Waals surface area contributed by atoms with E-state index in [9.17, 15) is 22.8 Å². The summed E-state index contributed by atoms with van der Waals surface area (Å²) < 4.78 is 41.3. The second-order valence-corrected chi connectivity index (χ2v) is 5.39. The normalized spacial score (nSPS) is 12.0. The summed E-state index contributed by atoms with van der Waals surface area (Å²) in [4.78, 5) is 21.7. The summed E-state index contributed by atoms with van der Waals surface area (Å²) in [5.41, 5.74) is -2.92. The van der Waals surface area contributed by atoms with Gasteiger partial charge in [-0.25, -0.2) is 9.59 Å². The van der Waals surface area contributed by atoms with Gasteiger partial charge in [-0.15, -0.1) is 0 Å². The van der Waals surface area contributed by atoms with Crippen molar-refractivity contribution in [3.8, 4) is 0 Å². The van der Waals surface area contributed by atoms with Gasteiger partial charge in [0, 0.05) is 0 Å². The van der Waals surface area contributed by atoms with E-state index in [0.29, 0.717) is 0 Å². The molecule has 24 heavy (non-hydrogen) atoms. The van der Waals surface area contributed by atoms with E-state index in [1.807, 2.05) is 0 Å². The summed E-state index contributed by atoms with van der Waals surface area (Å²) in [6.07, 6.45) is -4.66. The maximum Gasteiger partial charge on any atom is 0.402 e. The van der Waals surface area contributed by atoms with Crippen LogP contribution >= 0.6 is 0 Å². The van der Waals surface area contributed by atoms with Crippen LogP contribution in [0, 0.1) is 0 Å². The van der Waals surface area contributed by atoms with Crippen LogP contribution in [0.4, 0.5) is 13.2 Å². The Balaban J connectivity index is 2.58. The molecule has 0 aromatic heterocycles. The number of rotatable bonds is 4. The Labute approximate surface area is 135 Å². The standard InChI is InChI=1S/C17H13F3O4/c1-16(17(18,19)20,12-6-2-10(3-7-12)14(21)22)13-8-4-11(5-9-13)15(23)24/h2-9H,1H3,(H,21,22)(H,23,24). The minimum atomic E-state index is -4.66. The number of alkyl halides is 3.